The topological polar surface area (TPSA) is 79.5 Å². The molecule has 0 saturated heterocycles. The van der Waals surface area contributed by atoms with Gasteiger partial charge in [-0.2, -0.15) is 0 Å². The molecular weight excluding hydrogens is 242 g/mol. The second-order valence-electron chi connectivity index (χ2n) is 4.28. The summed E-state index contributed by atoms with van der Waals surface area (Å²) in [5, 5.41) is 9.24. The molecule has 5 heteroatoms. The molecule has 1 heterocycles. The number of pyridine rings is 1. The van der Waals surface area contributed by atoms with E-state index in [1.165, 1.54) is 23.2 Å². The van der Waals surface area contributed by atoms with Crippen molar-refractivity contribution >= 4 is 17.3 Å². The molecule has 19 heavy (non-hydrogen) atoms. The summed E-state index contributed by atoms with van der Waals surface area (Å²) in [6, 6.07) is 8.01. The van der Waals surface area contributed by atoms with E-state index in [1.807, 2.05) is 0 Å². The van der Waals surface area contributed by atoms with Crippen LogP contribution in [0, 0.1) is 6.92 Å². The van der Waals surface area contributed by atoms with E-state index in [0.717, 1.165) is 0 Å². The molecule has 1 aromatic heterocycles. The van der Waals surface area contributed by atoms with Gasteiger partial charge in [-0.25, -0.2) is 0 Å². The first-order chi connectivity index (χ1) is 8.99. The molecule has 2 aromatic rings. The summed E-state index contributed by atoms with van der Waals surface area (Å²) in [7, 11) is 1.66. The largest absolute Gasteiger partial charge is 0.508 e. The van der Waals surface area contributed by atoms with Gasteiger partial charge in [0.25, 0.3) is 5.91 Å². The van der Waals surface area contributed by atoms with E-state index < -0.39 is 0 Å². The van der Waals surface area contributed by atoms with Crippen molar-refractivity contribution in [2.75, 3.05) is 17.7 Å². The number of nitrogens with two attached hydrogens (primary N) is 1. The Morgan fingerprint density at radius 3 is 2.58 bits per heavy atom. The van der Waals surface area contributed by atoms with Crippen LogP contribution in [0.4, 0.5) is 11.4 Å². The molecule has 0 unspecified atom stereocenters. The van der Waals surface area contributed by atoms with Gasteiger partial charge in [-0.1, -0.05) is 0 Å². The zero-order valence-electron chi connectivity index (χ0n) is 10.8. The van der Waals surface area contributed by atoms with E-state index in [-0.39, 0.29) is 11.7 Å². The highest BCUT2D eigenvalue weighted by Crippen LogP contribution is 2.20. The molecule has 1 aromatic carbocycles. The fourth-order valence-electron chi connectivity index (χ4n) is 1.74. The normalized spacial score (nSPS) is 10.2. The van der Waals surface area contributed by atoms with Gasteiger partial charge in [0.05, 0.1) is 23.1 Å². The molecule has 0 saturated carbocycles. The van der Waals surface area contributed by atoms with Crippen molar-refractivity contribution in [1.82, 2.24) is 4.98 Å². The van der Waals surface area contributed by atoms with Gasteiger partial charge in [-0.3, -0.25) is 9.78 Å². The number of aromatic nitrogens is 1. The maximum absolute atomic E-state index is 12.4. The van der Waals surface area contributed by atoms with Crippen LogP contribution in [-0.2, 0) is 0 Å². The number of carbonyl (C=O) groups excluding carboxylic acids is 1. The first-order valence-corrected chi connectivity index (χ1v) is 5.78. The van der Waals surface area contributed by atoms with Crippen LogP contribution in [0.3, 0.4) is 0 Å². The fraction of sp³-hybridized carbons (Fsp3) is 0.143. The number of nitrogens with zero attached hydrogens (tertiary/aromatic N) is 2. The molecule has 0 aliphatic carbocycles. The zero-order valence-corrected chi connectivity index (χ0v) is 10.8. The zero-order chi connectivity index (χ0) is 14.0. The van der Waals surface area contributed by atoms with E-state index in [0.29, 0.717) is 22.6 Å². The Bertz CT molecular complexity index is 609. The lowest BCUT2D eigenvalue weighted by Crippen LogP contribution is -2.27. The third kappa shape index (κ3) is 2.65. The summed E-state index contributed by atoms with van der Waals surface area (Å²) >= 11 is 0. The van der Waals surface area contributed by atoms with Crippen molar-refractivity contribution in [1.29, 1.82) is 0 Å². The van der Waals surface area contributed by atoms with Gasteiger partial charge in [0.2, 0.25) is 0 Å². The van der Waals surface area contributed by atoms with Gasteiger partial charge in [-0.15, -0.1) is 0 Å². The highest BCUT2D eigenvalue weighted by Gasteiger charge is 2.16. The number of anilines is 2. The lowest BCUT2D eigenvalue weighted by molar-refractivity contribution is 0.0992. The average Bonchev–Trinajstić information content (AvgIpc) is 2.41. The van der Waals surface area contributed by atoms with Crippen LogP contribution >= 0.6 is 0 Å². The van der Waals surface area contributed by atoms with Gasteiger partial charge in [-0.05, 0) is 37.3 Å². The van der Waals surface area contributed by atoms with Gasteiger partial charge >= 0.3 is 0 Å². The Kier molecular flexibility index (Phi) is 3.37. The minimum absolute atomic E-state index is 0.159. The quantitative estimate of drug-likeness (QED) is 0.861. The molecule has 0 aliphatic rings. The summed E-state index contributed by atoms with van der Waals surface area (Å²) in [6.45, 7) is 1.76. The van der Waals surface area contributed by atoms with Crippen LogP contribution in [-0.4, -0.2) is 23.0 Å². The number of phenols is 1. The number of aryl methyl sites for hydroxylation is 1. The molecule has 0 aliphatic heterocycles. The molecule has 98 valence electrons. The molecule has 0 spiro atoms. The van der Waals surface area contributed by atoms with Crippen LogP contribution in [0.25, 0.3) is 0 Å². The van der Waals surface area contributed by atoms with E-state index >= 15 is 0 Å². The van der Waals surface area contributed by atoms with Crippen LogP contribution in [0.1, 0.15) is 16.1 Å². The summed E-state index contributed by atoms with van der Waals surface area (Å²) in [4.78, 5) is 17.9. The summed E-state index contributed by atoms with van der Waals surface area (Å²) in [5.41, 5.74) is 7.89. The van der Waals surface area contributed by atoms with Crippen LogP contribution in [0.2, 0.25) is 0 Å². The molecule has 0 fully saturated rings. The monoisotopic (exact) mass is 257 g/mol. The minimum Gasteiger partial charge on any atom is -0.508 e. The predicted octanol–water partition coefficient (Wildman–Crippen LogP) is 1.95. The number of amides is 1. The summed E-state index contributed by atoms with van der Waals surface area (Å²) in [6.07, 6.45) is 1.52. The Balaban J connectivity index is 2.33. The van der Waals surface area contributed by atoms with Crippen LogP contribution in [0.15, 0.2) is 36.5 Å². The Morgan fingerprint density at radius 1 is 1.32 bits per heavy atom. The Morgan fingerprint density at radius 2 is 1.95 bits per heavy atom. The van der Waals surface area contributed by atoms with Gasteiger partial charge < -0.3 is 15.7 Å². The fourth-order valence-corrected chi connectivity index (χ4v) is 1.74. The lowest BCUT2D eigenvalue weighted by Gasteiger charge is -2.18. The molecular formula is C14H15N3O2. The maximum Gasteiger partial charge on any atom is 0.259 e. The Hall–Kier alpha value is -2.56. The van der Waals surface area contributed by atoms with Crippen molar-refractivity contribution in [2.24, 2.45) is 0 Å². The van der Waals surface area contributed by atoms with Crippen molar-refractivity contribution in [3.8, 4) is 5.75 Å². The van der Waals surface area contributed by atoms with Crippen LogP contribution < -0.4 is 10.6 Å². The van der Waals surface area contributed by atoms with E-state index in [4.69, 9.17) is 5.73 Å². The number of benzene rings is 1. The molecule has 1 amide bonds. The van der Waals surface area contributed by atoms with E-state index in [2.05, 4.69) is 4.98 Å². The van der Waals surface area contributed by atoms with E-state index in [9.17, 15) is 9.90 Å². The number of carbonyl (C=O) groups is 1. The number of hydrogen-bond acceptors (Lipinski definition) is 4. The smallest absolute Gasteiger partial charge is 0.259 e. The third-order valence-electron chi connectivity index (χ3n) is 2.88. The first kappa shape index (κ1) is 12.9. The first-order valence-electron chi connectivity index (χ1n) is 5.78. The SMILES string of the molecule is Cc1ncc(N)cc1C(=O)N(C)c1ccc(O)cc1. The summed E-state index contributed by atoms with van der Waals surface area (Å²) in [5.74, 6) is -0.0330. The standard InChI is InChI=1S/C14H15N3O2/c1-9-13(7-10(15)8-16-9)14(19)17(2)11-3-5-12(18)6-4-11/h3-8,18H,15H2,1-2H3. The lowest BCUT2D eigenvalue weighted by atomic mass is 10.1. The highest BCUT2D eigenvalue weighted by molar-refractivity contribution is 6.06. The number of hydrogen-bond donors (Lipinski definition) is 2. The molecule has 0 radical (unpaired) electrons. The second-order valence-corrected chi connectivity index (χ2v) is 4.28. The van der Waals surface area contributed by atoms with Gasteiger partial charge in [0.1, 0.15) is 5.75 Å². The maximum atomic E-state index is 12.4. The molecule has 0 atom stereocenters. The summed E-state index contributed by atoms with van der Waals surface area (Å²) < 4.78 is 0. The van der Waals surface area contributed by atoms with Crippen molar-refractivity contribution in [2.45, 2.75) is 6.92 Å². The van der Waals surface area contributed by atoms with Crippen molar-refractivity contribution in [3.05, 3.63) is 47.8 Å². The average molecular weight is 257 g/mol. The highest BCUT2D eigenvalue weighted by atomic mass is 16.3. The van der Waals surface area contributed by atoms with Crippen molar-refractivity contribution in [3.63, 3.8) is 0 Å². The molecule has 0 bridgehead atoms. The number of aromatic hydroxyl groups is 1. The van der Waals surface area contributed by atoms with Gasteiger partial charge in [0.15, 0.2) is 0 Å². The minimum atomic E-state index is -0.192. The Labute approximate surface area is 111 Å². The molecule has 5 nitrogen and oxygen atoms in total. The number of rotatable bonds is 2. The molecule has 2 rings (SSSR count). The number of nitrogen functional groups attached to an aromatic ring is 1. The van der Waals surface area contributed by atoms with E-state index in [1.54, 1.807) is 32.2 Å². The van der Waals surface area contributed by atoms with Crippen LogP contribution in [0.5, 0.6) is 5.75 Å². The third-order valence-corrected chi connectivity index (χ3v) is 2.88. The van der Waals surface area contributed by atoms with Gasteiger partial charge in [0, 0.05) is 12.7 Å². The molecule has 3 N–H and O–H groups in total. The van der Waals surface area contributed by atoms with Crippen molar-refractivity contribution < 1.29 is 9.90 Å². The predicted molar refractivity (Wildman–Crippen MR) is 74.2 cm³/mol. The second kappa shape index (κ2) is 4.97. The number of phenolic OH excluding ortho intramolecular Hbond substituents is 1.